The molecule has 0 saturated carbocycles. The van der Waals surface area contributed by atoms with E-state index in [2.05, 4.69) is 17.4 Å². The summed E-state index contributed by atoms with van der Waals surface area (Å²) in [5, 5.41) is 24.5. The second-order valence-corrected chi connectivity index (χ2v) is 10.0. The van der Waals surface area contributed by atoms with Gasteiger partial charge < -0.3 is 5.73 Å². The predicted octanol–water partition coefficient (Wildman–Crippen LogP) is -8.61. The molecule has 0 saturated heterocycles. The Labute approximate surface area is 236 Å². The van der Waals surface area contributed by atoms with Gasteiger partial charge in [-0.2, -0.15) is 4.90 Å². The lowest BCUT2D eigenvalue weighted by molar-refractivity contribution is -0.812. The van der Waals surface area contributed by atoms with Crippen molar-refractivity contribution in [2.45, 2.75) is 0 Å². The molecule has 15 N–H and O–H groups in total. The van der Waals surface area contributed by atoms with E-state index in [-0.39, 0.29) is 0 Å². The largest absolute Gasteiger partial charge is 0.522 e. The molecule has 6 rings (SSSR count). The van der Waals surface area contributed by atoms with E-state index in [4.69, 9.17) is 27.4 Å². The van der Waals surface area contributed by atoms with E-state index < -0.39 is 0 Å². The Bertz CT molecular complexity index is 1670. The molecule has 0 aromatic carbocycles. The van der Waals surface area contributed by atoms with E-state index in [1.807, 2.05) is 115 Å². The first kappa shape index (κ1) is 25.8. The number of hydrogen-bond acceptors (Lipinski definition) is 1. The van der Waals surface area contributed by atoms with Crippen LogP contribution in [-0.4, -0.2) is 22.8 Å². The topological polar surface area (TPSA) is 164 Å². The van der Waals surface area contributed by atoms with Crippen LogP contribution in [0.25, 0.3) is 5.82 Å². The standard InChI is InChI=1S/C30H25N11/c31-21-1-11-37(12-2-21)26-27(38-13-3-22(32)4-14-38)29(40-17-7-24(34)8-18-40)36-30(41-19-9-25(35)10-20-41)28(26)39-15-5-23(33)6-16-39/h1-20,31-35H/p+10. The Morgan fingerprint density at radius 1 is 0.512 bits per heavy atom. The van der Waals surface area contributed by atoms with Crippen molar-refractivity contribution in [3.8, 4) is 5.82 Å². The second-order valence-electron chi connectivity index (χ2n) is 10.0. The number of aromatic nitrogens is 2. The molecule has 0 aliphatic carbocycles. The zero-order valence-corrected chi connectivity index (χ0v) is 22.4. The zero-order valence-electron chi connectivity index (χ0n) is 22.4. The van der Waals surface area contributed by atoms with E-state index >= 15 is 0 Å². The van der Waals surface area contributed by atoms with Gasteiger partial charge in [0.15, 0.2) is 12.4 Å². The number of aromatic amines is 1. The van der Waals surface area contributed by atoms with Crippen LogP contribution in [0.3, 0.4) is 0 Å². The molecular weight excluding hydrogens is 514 g/mol. The molecule has 0 spiro atoms. The van der Waals surface area contributed by atoms with E-state index in [0.29, 0.717) is 28.5 Å². The number of nitrogens with zero attached hydrogens (tertiary/aromatic N) is 1. The summed E-state index contributed by atoms with van der Waals surface area (Å²) >= 11 is 0. The van der Waals surface area contributed by atoms with E-state index in [9.17, 15) is 0 Å². The fourth-order valence-corrected chi connectivity index (χ4v) is 5.07. The van der Waals surface area contributed by atoms with Crippen LogP contribution >= 0.6 is 0 Å². The fourth-order valence-electron chi connectivity index (χ4n) is 5.07. The minimum atomic E-state index is 0.672. The van der Waals surface area contributed by atoms with Gasteiger partial charge >= 0.3 is 23.0 Å². The first-order chi connectivity index (χ1) is 19.9. The molecule has 0 fully saturated rings. The highest BCUT2D eigenvalue weighted by Gasteiger charge is 2.50. The molecule has 0 radical (unpaired) electrons. The van der Waals surface area contributed by atoms with Gasteiger partial charge in [0.25, 0.3) is 5.69 Å². The lowest BCUT2D eigenvalue weighted by Gasteiger charge is -2.20. The Balaban J connectivity index is 1.72. The number of anilines is 1. The first-order valence-electron chi connectivity index (χ1n) is 13.2. The minimum Gasteiger partial charge on any atom is -0.398 e. The zero-order chi connectivity index (χ0) is 28.5. The van der Waals surface area contributed by atoms with Gasteiger partial charge in [-0.3, -0.25) is 21.6 Å². The highest BCUT2D eigenvalue weighted by molar-refractivity contribution is 6.01. The molecule has 6 heterocycles. The van der Waals surface area contributed by atoms with Crippen LogP contribution in [0.1, 0.15) is 0 Å². The number of nitrogens with two attached hydrogens (primary N) is 5. The summed E-state index contributed by atoms with van der Waals surface area (Å²) in [6.45, 7) is 0. The SMILES string of the molecule is Nc1cc[n+](-c2[nH+]c([NH+]3C=CC(=[NH2+])C=C3)c([NH+]3C=CC(=[NH2+])C=C3)c([NH+]3C=CC(=[NH2+])C=C3)c2[NH+]2C=CC(=[NH2+])C=C2)cc1. The van der Waals surface area contributed by atoms with E-state index in [0.717, 1.165) is 48.3 Å². The Hall–Kier alpha value is -5.46. The number of pyridine rings is 2. The van der Waals surface area contributed by atoms with Crippen molar-refractivity contribution in [1.29, 1.82) is 0 Å². The third-order valence-electron chi connectivity index (χ3n) is 7.14. The van der Waals surface area contributed by atoms with Crippen molar-refractivity contribution < 1.29 is 50.8 Å². The molecule has 2 aromatic heterocycles. The van der Waals surface area contributed by atoms with Gasteiger partial charge in [0.2, 0.25) is 22.8 Å². The van der Waals surface area contributed by atoms with Gasteiger partial charge in [0, 0.05) is 17.8 Å². The summed E-state index contributed by atoms with van der Waals surface area (Å²) in [5.41, 5.74) is 12.5. The molecule has 200 valence electrons. The summed E-state index contributed by atoms with van der Waals surface area (Å²) < 4.78 is 2.04. The summed E-state index contributed by atoms with van der Waals surface area (Å²) in [7, 11) is 0. The maximum atomic E-state index is 6.14. The second kappa shape index (κ2) is 10.6. The summed E-state index contributed by atoms with van der Waals surface area (Å²) in [5.74, 6) is 1.77. The molecule has 0 bridgehead atoms. The maximum Gasteiger partial charge on any atom is 0.522 e. The van der Waals surface area contributed by atoms with Gasteiger partial charge in [-0.05, 0) is 0 Å². The number of hydrogen-bond donors (Lipinski definition) is 9. The molecule has 4 aliphatic rings. The summed E-state index contributed by atoms with van der Waals surface area (Å²) in [6, 6.07) is 3.75. The van der Waals surface area contributed by atoms with Crippen LogP contribution in [-0.2, 0) is 0 Å². The smallest absolute Gasteiger partial charge is 0.398 e. The van der Waals surface area contributed by atoms with Crippen LogP contribution in [0.2, 0.25) is 0 Å². The third-order valence-corrected chi connectivity index (χ3v) is 7.14. The number of rotatable bonds is 5. The van der Waals surface area contributed by atoms with Crippen molar-refractivity contribution in [3.63, 3.8) is 0 Å². The lowest BCUT2D eigenvalue weighted by Crippen LogP contribution is -3.09. The average Bonchev–Trinajstić information content (AvgIpc) is 2.98. The van der Waals surface area contributed by atoms with Crippen LogP contribution < -0.4 is 56.5 Å². The van der Waals surface area contributed by atoms with Gasteiger partial charge in [-0.1, -0.05) is 4.98 Å². The molecule has 41 heavy (non-hydrogen) atoms. The number of nitrogen functional groups attached to an aromatic ring is 1. The Kier molecular flexibility index (Phi) is 6.67. The number of H-pyrrole nitrogens is 1. The molecule has 0 atom stereocenters. The lowest BCUT2D eigenvalue weighted by atomic mass is 10.1. The Morgan fingerprint density at radius 2 is 0.878 bits per heavy atom. The average molecular weight is 550 g/mol. The number of quaternary nitrogens is 4. The van der Waals surface area contributed by atoms with Crippen LogP contribution in [0.5, 0.6) is 0 Å². The number of allylic oxidation sites excluding steroid dienone is 8. The van der Waals surface area contributed by atoms with Crippen molar-refractivity contribution in [2.24, 2.45) is 0 Å². The van der Waals surface area contributed by atoms with Crippen LogP contribution in [0.15, 0.2) is 123 Å². The first-order valence-corrected chi connectivity index (χ1v) is 13.2. The molecule has 4 aliphatic heterocycles. The van der Waals surface area contributed by atoms with Crippen molar-refractivity contribution in [2.75, 3.05) is 5.73 Å². The highest BCUT2D eigenvalue weighted by atomic mass is 15.3. The normalized spacial score (nSPS) is 19.3. The maximum absolute atomic E-state index is 6.14. The monoisotopic (exact) mass is 549 g/mol. The van der Waals surface area contributed by atoms with Crippen molar-refractivity contribution in [1.82, 2.24) is 0 Å². The highest BCUT2D eigenvalue weighted by Crippen LogP contribution is 2.28. The quantitative estimate of drug-likeness (QED) is 0.167. The van der Waals surface area contributed by atoms with Crippen molar-refractivity contribution in [3.05, 3.63) is 123 Å². The molecule has 2 aromatic rings. The molecule has 0 amide bonds. The van der Waals surface area contributed by atoms with Crippen LogP contribution in [0, 0.1) is 0 Å². The van der Waals surface area contributed by atoms with Crippen molar-refractivity contribution >= 4 is 51.4 Å². The molecular formula is C30H35N11+10. The van der Waals surface area contributed by atoms with Gasteiger partial charge in [0.1, 0.15) is 49.6 Å². The van der Waals surface area contributed by atoms with E-state index in [1.54, 1.807) is 0 Å². The van der Waals surface area contributed by atoms with E-state index in [1.165, 1.54) is 0 Å². The molecule has 11 nitrogen and oxygen atoms in total. The summed E-state index contributed by atoms with van der Waals surface area (Å²) in [6.07, 6.45) is 35.5. The summed E-state index contributed by atoms with van der Waals surface area (Å²) in [4.78, 5) is 7.76. The fraction of sp³-hybridized carbons (Fsp3) is 0. The molecule has 11 heteroatoms. The minimum absolute atomic E-state index is 0.672. The number of nitrogens with one attached hydrogen (secondary N) is 5. The van der Waals surface area contributed by atoms with Crippen LogP contribution in [0.4, 0.5) is 28.6 Å². The third kappa shape index (κ3) is 5.12. The Morgan fingerprint density at radius 3 is 1.32 bits per heavy atom. The predicted molar refractivity (Wildman–Crippen MR) is 152 cm³/mol. The van der Waals surface area contributed by atoms with Gasteiger partial charge in [-0.25, -0.2) is 14.7 Å². The molecule has 0 unspecified atom stereocenters. The van der Waals surface area contributed by atoms with Gasteiger partial charge in [0.05, 0.1) is 48.6 Å². The van der Waals surface area contributed by atoms with Gasteiger partial charge in [-0.15, -0.1) is 4.57 Å².